The maximum absolute atomic E-state index is 13.0. The molecular weight excluding hydrogens is 610 g/mol. The number of ketones is 2. The quantitative estimate of drug-likeness (QED) is 0.134. The van der Waals surface area contributed by atoms with E-state index >= 15 is 0 Å². The average molecular weight is 631 g/mol. The van der Waals surface area contributed by atoms with Gasteiger partial charge in [0.15, 0.2) is 11.6 Å². The summed E-state index contributed by atoms with van der Waals surface area (Å²) in [4.78, 5) is 25.1. The molecule has 3 rings (SSSR count). The van der Waals surface area contributed by atoms with Gasteiger partial charge in [-0.15, -0.1) is 0 Å². The molecule has 200 valence electrons. The first-order valence-electron chi connectivity index (χ1n) is 9.68. The van der Waals surface area contributed by atoms with Crippen LogP contribution in [0.5, 0.6) is 0 Å². The Morgan fingerprint density at radius 3 is 1.16 bits per heavy atom. The second-order valence-electron chi connectivity index (χ2n) is 7.44. The van der Waals surface area contributed by atoms with E-state index in [0.29, 0.717) is 0 Å². The van der Waals surface area contributed by atoms with Crippen molar-refractivity contribution in [2.75, 3.05) is 24.6 Å². The van der Waals surface area contributed by atoms with Crippen LogP contribution in [0.15, 0.2) is 46.2 Å². The summed E-state index contributed by atoms with van der Waals surface area (Å²) in [6.07, 6.45) is 0. The van der Waals surface area contributed by atoms with E-state index in [-0.39, 0.29) is 81.4 Å². The van der Waals surface area contributed by atoms with E-state index in [9.17, 15) is 43.3 Å². The zero-order valence-electron chi connectivity index (χ0n) is 17.9. The van der Waals surface area contributed by atoms with Gasteiger partial charge in [-0.25, -0.2) is 26.3 Å². The van der Waals surface area contributed by atoms with Crippen molar-refractivity contribution in [1.29, 1.82) is 0 Å². The van der Waals surface area contributed by atoms with Crippen LogP contribution in [0, 0.1) is 0 Å². The normalized spacial score (nSPS) is 13.6. The molecule has 0 unspecified atom stereocenters. The third-order valence-electron chi connectivity index (χ3n) is 4.89. The van der Waals surface area contributed by atoms with Crippen LogP contribution >= 0.6 is 0 Å². The maximum atomic E-state index is 13.0. The Labute approximate surface area is 263 Å². The van der Waals surface area contributed by atoms with Crippen LogP contribution in [0.3, 0.4) is 0 Å². The van der Waals surface area contributed by atoms with Gasteiger partial charge >= 0.3 is 59.1 Å². The van der Waals surface area contributed by atoms with Gasteiger partial charge in [0, 0.05) is 35.3 Å². The first-order chi connectivity index (χ1) is 16.4. The molecule has 0 saturated heterocycles. The van der Waals surface area contributed by atoms with Crippen LogP contribution in [0.25, 0.3) is 0 Å². The van der Waals surface area contributed by atoms with Crippen molar-refractivity contribution in [1.82, 2.24) is 9.44 Å². The fourth-order valence-corrected chi connectivity index (χ4v) is 6.31. The van der Waals surface area contributed by atoms with Gasteiger partial charge in [-0.2, -0.15) is 16.8 Å². The monoisotopic (exact) mass is 630 g/mol. The van der Waals surface area contributed by atoms with E-state index in [1.54, 1.807) is 0 Å². The number of hydrogen-bond donors (Lipinski definition) is 4. The molecule has 1 aliphatic carbocycles. The van der Waals surface area contributed by atoms with Gasteiger partial charge in [0.2, 0.25) is 20.0 Å². The minimum absolute atomic E-state index is 0. The van der Waals surface area contributed by atoms with Crippen molar-refractivity contribution in [2.45, 2.75) is 9.79 Å². The summed E-state index contributed by atoms with van der Waals surface area (Å²) in [7, 11) is -17.5. The van der Waals surface area contributed by atoms with Crippen LogP contribution in [0.2, 0.25) is 0 Å². The fraction of sp³-hybridized carbons (Fsp3) is 0.222. The number of carbonyl (C=O) groups is 2. The molecule has 2 aromatic carbocycles. The van der Waals surface area contributed by atoms with Gasteiger partial charge < -0.3 is 0 Å². The van der Waals surface area contributed by atoms with Crippen molar-refractivity contribution in [3.05, 3.63) is 58.7 Å². The SMILES string of the molecule is O=C1c2ccc(S(=O)(=O)NCCS(=O)(=O)O)cc2C(=O)c2ccc(S(=O)(=O)NCCS(=O)(=O)O)cc21.[NaH].[NaH]. The van der Waals surface area contributed by atoms with Crippen molar-refractivity contribution in [3.8, 4) is 0 Å². The summed E-state index contributed by atoms with van der Waals surface area (Å²) in [6, 6.07) is 5.89. The molecule has 0 bridgehead atoms. The summed E-state index contributed by atoms with van der Waals surface area (Å²) in [5, 5.41) is 0. The predicted octanol–water partition coefficient (Wildman–Crippen LogP) is -2.50. The third kappa shape index (κ3) is 8.71. The molecule has 0 amide bonds. The van der Waals surface area contributed by atoms with Gasteiger partial charge in [0.25, 0.3) is 20.2 Å². The number of benzene rings is 2. The molecule has 0 fully saturated rings. The van der Waals surface area contributed by atoms with Crippen molar-refractivity contribution >= 4 is 111 Å². The Morgan fingerprint density at radius 1 is 0.553 bits per heavy atom. The van der Waals surface area contributed by atoms with Gasteiger partial charge in [-0.1, -0.05) is 0 Å². The number of hydrogen-bond acceptors (Lipinski definition) is 10. The molecular formula is C18H20N2Na2O12S4. The molecule has 20 heteroatoms. The molecule has 1 aliphatic rings. The van der Waals surface area contributed by atoms with Crippen LogP contribution in [0.1, 0.15) is 31.8 Å². The Kier molecular flexibility index (Phi) is 12.1. The first-order valence-corrected chi connectivity index (χ1v) is 15.9. The molecule has 0 heterocycles. The van der Waals surface area contributed by atoms with Crippen LogP contribution in [0.4, 0.5) is 0 Å². The zero-order valence-corrected chi connectivity index (χ0v) is 21.2. The van der Waals surface area contributed by atoms with Gasteiger partial charge in [0.1, 0.15) is 0 Å². The van der Waals surface area contributed by atoms with E-state index in [2.05, 4.69) is 0 Å². The van der Waals surface area contributed by atoms with Crippen molar-refractivity contribution in [2.24, 2.45) is 0 Å². The molecule has 38 heavy (non-hydrogen) atoms. The molecule has 4 N–H and O–H groups in total. The summed E-state index contributed by atoms with van der Waals surface area (Å²) < 4.78 is 114. The van der Waals surface area contributed by atoms with Crippen LogP contribution in [-0.2, 0) is 40.3 Å². The molecule has 0 atom stereocenters. The topological polar surface area (TPSA) is 235 Å². The molecule has 0 aromatic heterocycles. The van der Waals surface area contributed by atoms with E-state index in [1.807, 2.05) is 9.44 Å². The van der Waals surface area contributed by atoms with Crippen LogP contribution in [-0.4, -0.2) is 138 Å². The Balaban J connectivity index is 0.00000361. The summed E-state index contributed by atoms with van der Waals surface area (Å²) in [5.74, 6) is -3.34. The van der Waals surface area contributed by atoms with E-state index in [4.69, 9.17) is 9.11 Å². The third-order valence-corrected chi connectivity index (χ3v) is 9.24. The number of rotatable bonds is 10. The molecule has 2 aromatic rings. The second kappa shape index (κ2) is 12.9. The molecule has 0 spiro atoms. The van der Waals surface area contributed by atoms with Crippen molar-refractivity contribution < 1.29 is 52.4 Å². The predicted molar refractivity (Wildman–Crippen MR) is 137 cm³/mol. The van der Waals surface area contributed by atoms with E-state index < -0.39 is 86.2 Å². The second-order valence-corrected chi connectivity index (χ2v) is 14.1. The molecule has 0 radical (unpaired) electrons. The van der Waals surface area contributed by atoms with Crippen molar-refractivity contribution in [3.63, 3.8) is 0 Å². The van der Waals surface area contributed by atoms with Gasteiger partial charge in [0.05, 0.1) is 21.3 Å². The van der Waals surface area contributed by atoms with Gasteiger partial charge in [-0.3, -0.25) is 18.7 Å². The summed E-state index contributed by atoms with van der Waals surface area (Å²) in [6.45, 7) is -1.30. The van der Waals surface area contributed by atoms with E-state index in [0.717, 1.165) is 36.4 Å². The Bertz CT molecular complexity index is 1580. The molecule has 14 nitrogen and oxygen atoms in total. The first kappa shape index (κ1) is 35.4. The number of nitrogens with one attached hydrogen (secondary N) is 2. The Hall–Kier alpha value is -0.580. The summed E-state index contributed by atoms with van der Waals surface area (Å²) in [5.41, 5.74) is -0.990. The number of fused-ring (bicyclic) bond motifs is 2. The molecule has 0 saturated carbocycles. The standard InChI is InChI=1S/C18H18N2O12S4.2Na.2H/c21-17-13-3-1-11(35(29,30)19-5-7-33(23,24)25)9-15(13)18(22)14-4-2-12(10-16(14)17)36(31,32)20-6-8-34(26,27)28;;;;/h1-4,9-10,19-20H,5-8H2,(H,23,24,25)(H,26,27,28);;;;. The fourth-order valence-electron chi connectivity index (χ4n) is 3.22. The summed E-state index contributed by atoms with van der Waals surface area (Å²) >= 11 is 0. The zero-order chi connectivity index (χ0) is 27.1. The Morgan fingerprint density at radius 2 is 0.868 bits per heavy atom. The number of carbonyl (C=O) groups excluding carboxylic acids is 2. The molecule has 0 aliphatic heterocycles. The van der Waals surface area contributed by atoms with Crippen LogP contribution < -0.4 is 9.44 Å². The van der Waals surface area contributed by atoms with E-state index in [1.165, 1.54) is 0 Å². The van der Waals surface area contributed by atoms with Gasteiger partial charge in [-0.05, 0) is 36.4 Å². The number of sulfonamides is 2. The average Bonchev–Trinajstić information content (AvgIpc) is 2.74. The minimum atomic E-state index is -4.43.